The Morgan fingerprint density at radius 2 is 2.17 bits per heavy atom. The summed E-state index contributed by atoms with van der Waals surface area (Å²) in [4.78, 5) is 12.0. The zero-order valence-electron chi connectivity index (χ0n) is 11.8. The summed E-state index contributed by atoms with van der Waals surface area (Å²) < 4.78 is 5.46. The number of rotatable bonds is 8. The molecule has 1 heterocycles. The molecule has 0 saturated carbocycles. The van der Waals surface area contributed by atoms with Crippen molar-refractivity contribution in [1.29, 1.82) is 0 Å². The van der Waals surface area contributed by atoms with Crippen molar-refractivity contribution in [3.05, 3.63) is 0 Å². The lowest BCUT2D eigenvalue weighted by molar-refractivity contribution is -0.126. The molecule has 1 saturated heterocycles. The third-order valence-electron chi connectivity index (χ3n) is 3.51. The molecule has 0 radical (unpaired) electrons. The third-order valence-corrected chi connectivity index (χ3v) is 3.51. The molecular formula is C14H28N2O2. The van der Waals surface area contributed by atoms with Gasteiger partial charge in [0.1, 0.15) is 0 Å². The van der Waals surface area contributed by atoms with Crippen LogP contribution in [-0.4, -0.2) is 38.3 Å². The second-order valence-corrected chi connectivity index (χ2v) is 5.10. The van der Waals surface area contributed by atoms with Crippen LogP contribution in [-0.2, 0) is 9.53 Å². The molecule has 1 fully saturated rings. The largest absolute Gasteiger partial charge is 0.381 e. The van der Waals surface area contributed by atoms with E-state index in [1.54, 1.807) is 0 Å². The molecule has 2 atom stereocenters. The minimum Gasteiger partial charge on any atom is -0.381 e. The van der Waals surface area contributed by atoms with Gasteiger partial charge in [0.2, 0.25) is 5.91 Å². The van der Waals surface area contributed by atoms with Crippen molar-refractivity contribution in [2.24, 2.45) is 5.92 Å². The van der Waals surface area contributed by atoms with E-state index < -0.39 is 0 Å². The number of amides is 1. The van der Waals surface area contributed by atoms with Crippen molar-refractivity contribution >= 4 is 5.91 Å². The highest BCUT2D eigenvalue weighted by Crippen LogP contribution is 2.15. The van der Waals surface area contributed by atoms with E-state index in [0.717, 1.165) is 52.0 Å². The van der Waals surface area contributed by atoms with Crippen LogP contribution < -0.4 is 10.6 Å². The number of hydrogen-bond acceptors (Lipinski definition) is 3. The number of carbonyl (C=O) groups is 1. The maximum atomic E-state index is 12.0. The van der Waals surface area contributed by atoms with Gasteiger partial charge in [0.15, 0.2) is 0 Å². The van der Waals surface area contributed by atoms with Gasteiger partial charge in [0.05, 0.1) is 5.92 Å². The van der Waals surface area contributed by atoms with Crippen molar-refractivity contribution in [3.63, 3.8) is 0 Å². The molecule has 0 aromatic heterocycles. The lowest BCUT2D eigenvalue weighted by Crippen LogP contribution is -2.46. The summed E-state index contributed by atoms with van der Waals surface area (Å²) in [7, 11) is 0. The molecule has 0 bridgehead atoms. The van der Waals surface area contributed by atoms with E-state index in [4.69, 9.17) is 4.74 Å². The normalized spacial score (nSPS) is 23.9. The van der Waals surface area contributed by atoms with E-state index in [9.17, 15) is 4.79 Å². The molecule has 0 aliphatic carbocycles. The maximum Gasteiger partial charge on any atom is 0.224 e. The summed E-state index contributed by atoms with van der Waals surface area (Å²) in [6, 6.07) is 0.305. The van der Waals surface area contributed by atoms with Crippen molar-refractivity contribution in [2.75, 3.05) is 26.3 Å². The first-order chi connectivity index (χ1) is 8.75. The minimum absolute atomic E-state index is 0.139. The summed E-state index contributed by atoms with van der Waals surface area (Å²) in [5, 5.41) is 6.37. The number of piperidine rings is 1. The molecule has 0 aromatic rings. The molecular weight excluding hydrogens is 228 g/mol. The summed E-state index contributed by atoms with van der Waals surface area (Å²) in [5.41, 5.74) is 0. The van der Waals surface area contributed by atoms with Crippen LogP contribution in [0.2, 0.25) is 0 Å². The molecule has 106 valence electrons. The van der Waals surface area contributed by atoms with Crippen LogP contribution in [0, 0.1) is 5.92 Å². The third kappa shape index (κ3) is 5.83. The van der Waals surface area contributed by atoms with E-state index in [1.807, 2.05) is 0 Å². The van der Waals surface area contributed by atoms with Gasteiger partial charge in [-0.2, -0.15) is 0 Å². The van der Waals surface area contributed by atoms with Gasteiger partial charge in [-0.1, -0.05) is 13.3 Å². The van der Waals surface area contributed by atoms with Gasteiger partial charge >= 0.3 is 0 Å². The fourth-order valence-corrected chi connectivity index (χ4v) is 2.27. The Bertz CT molecular complexity index is 234. The average molecular weight is 256 g/mol. The molecule has 1 aliphatic heterocycles. The smallest absolute Gasteiger partial charge is 0.224 e. The topological polar surface area (TPSA) is 50.4 Å². The monoisotopic (exact) mass is 256 g/mol. The maximum absolute atomic E-state index is 12.0. The molecule has 4 heteroatoms. The number of unbranched alkanes of at least 4 members (excludes halogenated alkanes) is 1. The predicted octanol–water partition coefficient (Wildman–Crippen LogP) is 1.70. The van der Waals surface area contributed by atoms with Crippen LogP contribution in [0.4, 0.5) is 0 Å². The Morgan fingerprint density at radius 1 is 1.39 bits per heavy atom. The first kappa shape index (κ1) is 15.4. The Labute approximate surface area is 111 Å². The zero-order chi connectivity index (χ0) is 13.2. The van der Waals surface area contributed by atoms with Crippen molar-refractivity contribution in [1.82, 2.24) is 10.6 Å². The molecule has 18 heavy (non-hydrogen) atoms. The Balaban J connectivity index is 2.02. The highest BCUT2D eigenvalue weighted by Gasteiger charge is 2.26. The van der Waals surface area contributed by atoms with Crippen LogP contribution in [0.1, 0.15) is 46.0 Å². The van der Waals surface area contributed by atoms with Gasteiger partial charge in [0, 0.05) is 25.8 Å². The van der Waals surface area contributed by atoms with Crippen molar-refractivity contribution in [2.45, 2.75) is 52.0 Å². The second kappa shape index (κ2) is 9.34. The number of hydrogen-bond donors (Lipinski definition) is 2. The highest BCUT2D eigenvalue weighted by atomic mass is 16.5. The highest BCUT2D eigenvalue weighted by molar-refractivity contribution is 5.79. The van der Waals surface area contributed by atoms with Crippen LogP contribution in [0.5, 0.6) is 0 Å². The molecule has 4 nitrogen and oxygen atoms in total. The van der Waals surface area contributed by atoms with Crippen LogP contribution >= 0.6 is 0 Å². The lowest BCUT2D eigenvalue weighted by Gasteiger charge is -2.28. The zero-order valence-corrected chi connectivity index (χ0v) is 11.8. The first-order valence-corrected chi connectivity index (χ1v) is 7.34. The molecule has 2 unspecified atom stereocenters. The standard InChI is InChI=1S/C14H28N2O2/c1-3-4-10-18-11-6-9-16-14(17)13-7-5-8-15-12(13)2/h12-13,15H,3-11H2,1-2H3,(H,16,17). The fraction of sp³-hybridized carbons (Fsp3) is 0.929. The molecule has 1 rings (SSSR count). The SMILES string of the molecule is CCCCOCCCNC(=O)C1CCCNC1C. The van der Waals surface area contributed by atoms with Crippen LogP contribution in [0.3, 0.4) is 0 Å². The molecule has 0 aromatic carbocycles. The number of nitrogens with one attached hydrogen (secondary N) is 2. The van der Waals surface area contributed by atoms with Gasteiger partial charge in [-0.3, -0.25) is 4.79 Å². The predicted molar refractivity (Wildman–Crippen MR) is 73.5 cm³/mol. The summed E-state index contributed by atoms with van der Waals surface area (Å²) in [6.07, 6.45) is 5.31. The summed E-state index contributed by atoms with van der Waals surface area (Å²) in [6.45, 7) is 7.61. The second-order valence-electron chi connectivity index (χ2n) is 5.10. The quantitative estimate of drug-likeness (QED) is 0.650. The summed E-state index contributed by atoms with van der Waals surface area (Å²) >= 11 is 0. The van der Waals surface area contributed by atoms with Crippen LogP contribution in [0.25, 0.3) is 0 Å². The van der Waals surface area contributed by atoms with E-state index in [-0.39, 0.29) is 11.8 Å². The average Bonchev–Trinajstić information content (AvgIpc) is 2.38. The number of carbonyl (C=O) groups excluding carboxylic acids is 1. The van der Waals surface area contributed by atoms with E-state index in [2.05, 4.69) is 24.5 Å². The fourth-order valence-electron chi connectivity index (χ4n) is 2.27. The van der Waals surface area contributed by atoms with Gasteiger partial charge in [-0.05, 0) is 39.2 Å². The van der Waals surface area contributed by atoms with E-state index in [0.29, 0.717) is 6.04 Å². The molecule has 0 spiro atoms. The Kier molecular flexibility index (Phi) is 8.01. The van der Waals surface area contributed by atoms with Gasteiger partial charge in [0.25, 0.3) is 0 Å². The molecule has 1 amide bonds. The first-order valence-electron chi connectivity index (χ1n) is 7.34. The van der Waals surface area contributed by atoms with Gasteiger partial charge in [-0.15, -0.1) is 0 Å². The summed E-state index contributed by atoms with van der Waals surface area (Å²) in [5.74, 6) is 0.336. The van der Waals surface area contributed by atoms with Crippen molar-refractivity contribution in [3.8, 4) is 0 Å². The number of ether oxygens (including phenoxy) is 1. The van der Waals surface area contributed by atoms with Gasteiger partial charge in [-0.25, -0.2) is 0 Å². The molecule has 2 N–H and O–H groups in total. The van der Waals surface area contributed by atoms with Gasteiger partial charge < -0.3 is 15.4 Å². The minimum atomic E-state index is 0.139. The van der Waals surface area contributed by atoms with Crippen molar-refractivity contribution < 1.29 is 9.53 Å². The Hall–Kier alpha value is -0.610. The van der Waals surface area contributed by atoms with Crippen LogP contribution in [0.15, 0.2) is 0 Å². The van der Waals surface area contributed by atoms with E-state index >= 15 is 0 Å². The lowest BCUT2D eigenvalue weighted by atomic mass is 9.91. The van der Waals surface area contributed by atoms with E-state index in [1.165, 1.54) is 6.42 Å². The molecule has 1 aliphatic rings. The Morgan fingerprint density at radius 3 is 2.89 bits per heavy atom.